The third kappa shape index (κ3) is 4.58. The third-order valence-corrected chi connectivity index (χ3v) is 12.3. The molecule has 11 rings (SSSR count). The smallest absolute Gasteiger partial charge is 0.0726 e. The van der Waals surface area contributed by atoms with E-state index in [0.29, 0.717) is 0 Å². The maximum atomic E-state index is 2.53. The standard InChI is InChI=1S/C53H39N/c1-3-17-41(18-4-1)54(42-19-5-2-6-20-42)52-35-51-47(34-46(52)38-30-27-37(28-31-38)40-32-29-36-15-7-8-16-39(36)33-40)45-23-11-14-26-50(45)53(51)48-24-12-9-21-43(48)44-22-10-13-25-49(44)53/h1-6,9-14,17-35H,7-8,15-16H2. The van der Waals surface area contributed by atoms with Crippen molar-refractivity contribution in [3.63, 3.8) is 0 Å². The molecule has 1 nitrogen and oxygen atoms in total. The fraction of sp³-hybridized carbons (Fsp3) is 0.0943. The van der Waals surface area contributed by atoms with Gasteiger partial charge < -0.3 is 4.90 Å². The van der Waals surface area contributed by atoms with Crippen molar-refractivity contribution in [1.29, 1.82) is 0 Å². The number of nitrogens with zero attached hydrogens (tertiary/aromatic N) is 1. The largest absolute Gasteiger partial charge is 0.310 e. The molecule has 0 fully saturated rings. The van der Waals surface area contributed by atoms with Crippen molar-refractivity contribution in [2.75, 3.05) is 4.90 Å². The van der Waals surface area contributed by atoms with Gasteiger partial charge in [-0.15, -0.1) is 0 Å². The summed E-state index contributed by atoms with van der Waals surface area (Å²) in [7, 11) is 0. The molecule has 0 amide bonds. The second kappa shape index (κ2) is 12.3. The molecule has 0 bridgehead atoms. The molecule has 1 heteroatoms. The minimum Gasteiger partial charge on any atom is -0.310 e. The SMILES string of the molecule is c1ccc(N(c2ccccc2)c2cc3c(cc2-c2ccc(-c4ccc5c(c4)CCCC5)cc2)-c2ccccc2C32c3ccccc3-c3ccccc32)cc1. The number of para-hydroxylation sites is 2. The van der Waals surface area contributed by atoms with Gasteiger partial charge in [-0.1, -0.05) is 152 Å². The van der Waals surface area contributed by atoms with E-state index in [1.54, 1.807) is 0 Å². The molecule has 0 atom stereocenters. The summed E-state index contributed by atoms with van der Waals surface area (Å²) >= 11 is 0. The second-order valence-corrected chi connectivity index (χ2v) is 15.1. The zero-order chi connectivity index (χ0) is 35.6. The Hall–Kier alpha value is -6.44. The van der Waals surface area contributed by atoms with Gasteiger partial charge in [-0.25, -0.2) is 0 Å². The van der Waals surface area contributed by atoms with Crippen molar-refractivity contribution < 1.29 is 0 Å². The summed E-state index contributed by atoms with van der Waals surface area (Å²) < 4.78 is 0. The maximum absolute atomic E-state index is 2.53. The Morgan fingerprint density at radius 2 is 0.815 bits per heavy atom. The molecule has 0 heterocycles. The van der Waals surface area contributed by atoms with Gasteiger partial charge in [0.05, 0.1) is 11.1 Å². The molecule has 256 valence electrons. The van der Waals surface area contributed by atoms with Crippen molar-refractivity contribution in [3.8, 4) is 44.5 Å². The van der Waals surface area contributed by atoms with Crippen molar-refractivity contribution in [1.82, 2.24) is 0 Å². The van der Waals surface area contributed by atoms with Crippen LogP contribution in [0.5, 0.6) is 0 Å². The molecule has 8 aromatic carbocycles. The number of rotatable bonds is 5. The number of anilines is 3. The molecule has 0 aliphatic heterocycles. The first-order valence-electron chi connectivity index (χ1n) is 19.4. The van der Waals surface area contributed by atoms with E-state index in [4.69, 9.17) is 0 Å². The van der Waals surface area contributed by atoms with Crippen LogP contribution in [0.15, 0.2) is 188 Å². The van der Waals surface area contributed by atoms with Crippen molar-refractivity contribution in [2.45, 2.75) is 31.1 Å². The zero-order valence-electron chi connectivity index (χ0n) is 30.2. The van der Waals surface area contributed by atoms with Crippen molar-refractivity contribution in [3.05, 3.63) is 221 Å². The van der Waals surface area contributed by atoms with Gasteiger partial charge in [-0.05, 0) is 134 Å². The number of aryl methyl sites for hydroxylation is 2. The Kier molecular flexibility index (Phi) is 7.10. The molecule has 1 spiro atoms. The molecule has 0 N–H and O–H groups in total. The molecule has 3 aliphatic rings. The highest BCUT2D eigenvalue weighted by molar-refractivity contribution is 6.00. The van der Waals surface area contributed by atoms with Crippen LogP contribution in [0, 0.1) is 0 Å². The number of hydrogen-bond donors (Lipinski definition) is 0. The van der Waals surface area contributed by atoms with Crippen LogP contribution >= 0.6 is 0 Å². The van der Waals surface area contributed by atoms with Crippen molar-refractivity contribution in [2.24, 2.45) is 0 Å². The summed E-state index contributed by atoms with van der Waals surface area (Å²) in [5.74, 6) is 0. The van der Waals surface area contributed by atoms with Gasteiger partial charge in [0, 0.05) is 16.9 Å². The minimum absolute atomic E-state index is 0.429. The van der Waals surface area contributed by atoms with Gasteiger partial charge in [0.25, 0.3) is 0 Å². The predicted molar refractivity (Wildman–Crippen MR) is 225 cm³/mol. The molecule has 0 radical (unpaired) electrons. The summed E-state index contributed by atoms with van der Waals surface area (Å²) in [6, 6.07) is 70.4. The highest BCUT2D eigenvalue weighted by Crippen LogP contribution is 2.64. The van der Waals surface area contributed by atoms with Crippen molar-refractivity contribution >= 4 is 17.1 Å². The lowest BCUT2D eigenvalue weighted by molar-refractivity contribution is 0.686. The molecule has 54 heavy (non-hydrogen) atoms. The molecule has 0 aromatic heterocycles. The van der Waals surface area contributed by atoms with Crippen LogP contribution in [0.25, 0.3) is 44.5 Å². The zero-order valence-corrected chi connectivity index (χ0v) is 30.2. The first-order chi connectivity index (χ1) is 26.8. The number of fused-ring (bicyclic) bond motifs is 11. The Morgan fingerprint density at radius 1 is 0.333 bits per heavy atom. The third-order valence-electron chi connectivity index (χ3n) is 12.3. The lowest BCUT2D eigenvalue weighted by Gasteiger charge is -2.33. The van der Waals surface area contributed by atoms with Crippen LogP contribution in [-0.2, 0) is 18.3 Å². The van der Waals surface area contributed by atoms with E-state index in [0.717, 1.165) is 11.4 Å². The van der Waals surface area contributed by atoms with Gasteiger partial charge in [-0.3, -0.25) is 0 Å². The summed E-state index contributed by atoms with van der Waals surface area (Å²) in [5.41, 5.74) is 21.7. The maximum Gasteiger partial charge on any atom is 0.0726 e. The molecule has 0 saturated heterocycles. The Bertz CT molecular complexity index is 2620. The van der Waals surface area contributed by atoms with E-state index in [1.807, 2.05) is 0 Å². The summed E-state index contributed by atoms with van der Waals surface area (Å²) in [4.78, 5) is 2.45. The van der Waals surface area contributed by atoms with Crippen LogP contribution in [-0.4, -0.2) is 0 Å². The van der Waals surface area contributed by atoms with Gasteiger partial charge in [0.2, 0.25) is 0 Å². The normalized spacial score (nSPS) is 14.1. The Labute approximate surface area is 317 Å². The highest BCUT2D eigenvalue weighted by atomic mass is 15.1. The van der Waals surface area contributed by atoms with Gasteiger partial charge in [0.15, 0.2) is 0 Å². The van der Waals surface area contributed by atoms with E-state index < -0.39 is 5.41 Å². The summed E-state index contributed by atoms with van der Waals surface area (Å²) in [6.07, 6.45) is 4.98. The van der Waals surface area contributed by atoms with Crippen LogP contribution in [0.3, 0.4) is 0 Å². The van der Waals surface area contributed by atoms with Gasteiger partial charge in [-0.2, -0.15) is 0 Å². The first kappa shape index (κ1) is 31.1. The minimum atomic E-state index is -0.429. The highest BCUT2D eigenvalue weighted by Gasteiger charge is 2.52. The van der Waals surface area contributed by atoms with Crippen LogP contribution in [0.4, 0.5) is 17.1 Å². The number of benzene rings is 8. The topological polar surface area (TPSA) is 3.24 Å². The lowest BCUT2D eigenvalue weighted by atomic mass is 9.70. The molecule has 0 unspecified atom stereocenters. The molecular formula is C53H39N. The van der Waals surface area contributed by atoms with Gasteiger partial charge >= 0.3 is 0 Å². The average molecular weight is 690 g/mol. The fourth-order valence-corrected chi connectivity index (χ4v) is 9.88. The fourth-order valence-electron chi connectivity index (χ4n) is 9.88. The average Bonchev–Trinajstić information content (AvgIpc) is 3.71. The predicted octanol–water partition coefficient (Wildman–Crippen LogP) is 13.7. The quantitative estimate of drug-likeness (QED) is 0.174. The van der Waals surface area contributed by atoms with E-state index in [9.17, 15) is 0 Å². The second-order valence-electron chi connectivity index (χ2n) is 15.1. The monoisotopic (exact) mass is 689 g/mol. The van der Waals surface area contributed by atoms with Crippen LogP contribution < -0.4 is 4.90 Å². The summed E-state index contributed by atoms with van der Waals surface area (Å²) in [6.45, 7) is 0. The van der Waals surface area contributed by atoms with E-state index in [1.165, 1.54) is 109 Å². The Morgan fingerprint density at radius 3 is 1.41 bits per heavy atom. The van der Waals surface area contributed by atoms with Crippen LogP contribution in [0.2, 0.25) is 0 Å². The number of hydrogen-bond acceptors (Lipinski definition) is 1. The molecule has 3 aliphatic carbocycles. The Balaban J connectivity index is 1.19. The van der Waals surface area contributed by atoms with E-state index in [2.05, 4.69) is 193 Å². The first-order valence-corrected chi connectivity index (χ1v) is 19.4. The molecular weight excluding hydrogens is 651 g/mol. The summed E-state index contributed by atoms with van der Waals surface area (Å²) in [5, 5.41) is 0. The van der Waals surface area contributed by atoms with E-state index >= 15 is 0 Å². The van der Waals surface area contributed by atoms with Crippen LogP contribution in [0.1, 0.15) is 46.2 Å². The van der Waals surface area contributed by atoms with E-state index in [-0.39, 0.29) is 0 Å². The van der Waals surface area contributed by atoms with Gasteiger partial charge in [0.1, 0.15) is 0 Å². The lowest BCUT2D eigenvalue weighted by Crippen LogP contribution is -2.26. The molecule has 0 saturated carbocycles. The molecule has 8 aromatic rings.